The molecule has 1 fully saturated rings. The molecule has 1 atom stereocenters. The van der Waals surface area contributed by atoms with Gasteiger partial charge in [0.05, 0.1) is 17.2 Å². The van der Waals surface area contributed by atoms with Gasteiger partial charge in [-0.05, 0) is 42.3 Å². The van der Waals surface area contributed by atoms with Gasteiger partial charge in [0.2, 0.25) is 5.96 Å². The van der Waals surface area contributed by atoms with Crippen molar-refractivity contribution in [3.05, 3.63) is 59.9 Å². The average molecular weight is 434 g/mol. The van der Waals surface area contributed by atoms with Crippen LogP contribution in [0, 0.1) is 17.4 Å². The van der Waals surface area contributed by atoms with E-state index in [1.807, 2.05) is 42.5 Å². The molecular weight excluding hydrogens is 410 g/mol. The molecule has 158 valence electrons. The van der Waals surface area contributed by atoms with Crippen molar-refractivity contribution in [2.45, 2.75) is 19.9 Å². The minimum Gasteiger partial charge on any atom is -0.353 e. The van der Waals surface area contributed by atoms with E-state index >= 15 is 0 Å². The second-order valence-corrected chi connectivity index (χ2v) is 8.18. The van der Waals surface area contributed by atoms with Crippen molar-refractivity contribution >= 4 is 40.0 Å². The van der Waals surface area contributed by atoms with Gasteiger partial charge in [-0.15, -0.1) is 0 Å². The zero-order valence-electron chi connectivity index (χ0n) is 17.5. The predicted molar refractivity (Wildman–Crippen MR) is 124 cm³/mol. The molecular formula is C23H24ClN7. The number of nitrogens with one attached hydrogen (secondary N) is 1. The van der Waals surface area contributed by atoms with E-state index in [1.54, 1.807) is 12.3 Å². The largest absolute Gasteiger partial charge is 0.353 e. The van der Waals surface area contributed by atoms with Gasteiger partial charge in [0.1, 0.15) is 11.0 Å². The zero-order valence-corrected chi connectivity index (χ0v) is 18.3. The van der Waals surface area contributed by atoms with E-state index in [4.69, 9.17) is 16.6 Å². The topological polar surface area (TPSA) is 80.4 Å². The number of anilines is 1. The van der Waals surface area contributed by atoms with Crippen LogP contribution in [0.3, 0.4) is 0 Å². The van der Waals surface area contributed by atoms with Crippen molar-refractivity contribution in [3.8, 4) is 6.19 Å². The van der Waals surface area contributed by atoms with Crippen LogP contribution in [-0.2, 0) is 0 Å². The van der Waals surface area contributed by atoms with Gasteiger partial charge in [-0.3, -0.25) is 10.3 Å². The summed E-state index contributed by atoms with van der Waals surface area (Å²) in [5.74, 6) is 1.75. The van der Waals surface area contributed by atoms with Gasteiger partial charge in [-0.25, -0.2) is 9.98 Å². The Morgan fingerprint density at radius 2 is 2.03 bits per heavy atom. The van der Waals surface area contributed by atoms with Crippen LogP contribution in [0.5, 0.6) is 0 Å². The predicted octanol–water partition coefficient (Wildman–Crippen LogP) is 4.19. The first-order valence-corrected chi connectivity index (χ1v) is 10.7. The Kier molecular flexibility index (Phi) is 6.19. The van der Waals surface area contributed by atoms with Crippen LogP contribution in [0.1, 0.15) is 13.8 Å². The number of fused-ring (bicyclic) bond motifs is 1. The van der Waals surface area contributed by atoms with Crippen molar-refractivity contribution in [1.29, 1.82) is 5.26 Å². The second kappa shape index (κ2) is 9.19. The zero-order chi connectivity index (χ0) is 21.8. The van der Waals surface area contributed by atoms with E-state index in [0.717, 1.165) is 35.5 Å². The van der Waals surface area contributed by atoms with E-state index in [1.165, 1.54) is 0 Å². The SMILES string of the molecule is CC(C)C1CN(c2cccc(Cl)n2)CCN1C(=Nc1cccc2ncccc12)NC#N. The van der Waals surface area contributed by atoms with Crippen molar-refractivity contribution in [1.82, 2.24) is 20.2 Å². The third kappa shape index (κ3) is 4.54. The highest BCUT2D eigenvalue weighted by atomic mass is 35.5. The van der Waals surface area contributed by atoms with Crippen LogP contribution in [0.4, 0.5) is 11.5 Å². The summed E-state index contributed by atoms with van der Waals surface area (Å²) < 4.78 is 0. The average Bonchev–Trinajstić information content (AvgIpc) is 2.78. The lowest BCUT2D eigenvalue weighted by molar-refractivity contribution is 0.220. The molecule has 3 heterocycles. The molecule has 0 bridgehead atoms. The number of halogens is 1. The number of nitrogens with zero attached hydrogens (tertiary/aromatic N) is 6. The lowest BCUT2D eigenvalue weighted by atomic mass is 9.99. The Morgan fingerprint density at radius 1 is 1.19 bits per heavy atom. The molecule has 1 aliphatic heterocycles. The molecule has 4 rings (SSSR count). The normalized spacial score (nSPS) is 17.1. The van der Waals surface area contributed by atoms with Crippen molar-refractivity contribution in [3.63, 3.8) is 0 Å². The summed E-state index contributed by atoms with van der Waals surface area (Å²) in [4.78, 5) is 18.2. The van der Waals surface area contributed by atoms with E-state index in [-0.39, 0.29) is 6.04 Å². The quantitative estimate of drug-likeness (QED) is 0.219. The molecule has 0 radical (unpaired) electrons. The highest BCUT2D eigenvalue weighted by Gasteiger charge is 2.32. The summed E-state index contributed by atoms with van der Waals surface area (Å²) in [6.07, 6.45) is 3.83. The molecule has 0 aliphatic carbocycles. The fraction of sp³-hybridized carbons (Fsp3) is 0.304. The van der Waals surface area contributed by atoms with E-state index in [9.17, 15) is 5.26 Å². The minimum absolute atomic E-state index is 0.141. The van der Waals surface area contributed by atoms with Crippen LogP contribution in [-0.4, -0.2) is 46.5 Å². The number of piperazine rings is 1. The van der Waals surface area contributed by atoms with E-state index in [0.29, 0.717) is 23.6 Å². The Bertz CT molecular complexity index is 1130. The van der Waals surface area contributed by atoms with Crippen LogP contribution >= 0.6 is 11.6 Å². The van der Waals surface area contributed by atoms with Gasteiger partial charge < -0.3 is 9.80 Å². The first-order valence-electron chi connectivity index (χ1n) is 10.3. The van der Waals surface area contributed by atoms with E-state index < -0.39 is 0 Å². The first-order chi connectivity index (χ1) is 15.1. The van der Waals surface area contributed by atoms with Crippen molar-refractivity contribution in [2.75, 3.05) is 24.5 Å². The number of pyridine rings is 2. The third-order valence-corrected chi connectivity index (χ3v) is 5.71. The number of hydrogen-bond donors (Lipinski definition) is 1. The number of aliphatic imine (C=N–C) groups is 1. The smallest absolute Gasteiger partial charge is 0.213 e. The van der Waals surface area contributed by atoms with Gasteiger partial charge in [0.15, 0.2) is 6.19 Å². The standard InChI is InChI=1S/C23H24ClN7/c1-16(2)20-14-30(22-10-4-9-21(24)29-22)12-13-31(20)23(27-15-25)28-19-8-3-7-18-17(19)6-5-11-26-18/h3-11,16,20H,12-14H2,1-2H3,(H,27,28). The number of guanidine groups is 1. The van der Waals surface area contributed by atoms with Crippen molar-refractivity contribution < 1.29 is 0 Å². The molecule has 0 saturated carbocycles. The Morgan fingerprint density at radius 3 is 2.81 bits per heavy atom. The number of rotatable bonds is 3. The maximum atomic E-state index is 9.43. The van der Waals surface area contributed by atoms with Gasteiger partial charge >= 0.3 is 0 Å². The minimum atomic E-state index is 0.141. The molecule has 0 spiro atoms. The Hall–Kier alpha value is -3.37. The lowest BCUT2D eigenvalue weighted by Gasteiger charge is -2.44. The molecule has 1 saturated heterocycles. The summed E-state index contributed by atoms with van der Waals surface area (Å²) >= 11 is 6.10. The maximum absolute atomic E-state index is 9.43. The van der Waals surface area contributed by atoms with Crippen LogP contribution < -0.4 is 10.2 Å². The second-order valence-electron chi connectivity index (χ2n) is 7.79. The third-order valence-electron chi connectivity index (χ3n) is 5.50. The van der Waals surface area contributed by atoms with Crippen LogP contribution in [0.25, 0.3) is 10.9 Å². The van der Waals surface area contributed by atoms with Gasteiger partial charge in [-0.1, -0.05) is 37.6 Å². The first kappa shape index (κ1) is 20.9. The monoisotopic (exact) mass is 433 g/mol. The summed E-state index contributed by atoms with van der Waals surface area (Å²) in [6, 6.07) is 15.5. The van der Waals surface area contributed by atoms with E-state index in [2.05, 4.69) is 45.1 Å². The highest BCUT2D eigenvalue weighted by Crippen LogP contribution is 2.27. The molecule has 0 amide bonds. The lowest BCUT2D eigenvalue weighted by Crippen LogP contribution is -2.59. The Balaban J connectivity index is 1.67. The number of nitriles is 1. The number of aromatic nitrogens is 2. The molecule has 8 heteroatoms. The van der Waals surface area contributed by atoms with Crippen molar-refractivity contribution in [2.24, 2.45) is 10.9 Å². The molecule has 31 heavy (non-hydrogen) atoms. The Labute approximate surface area is 187 Å². The fourth-order valence-electron chi connectivity index (χ4n) is 3.94. The summed E-state index contributed by atoms with van der Waals surface area (Å²) in [7, 11) is 0. The van der Waals surface area contributed by atoms with Crippen LogP contribution in [0.15, 0.2) is 59.7 Å². The number of benzene rings is 1. The highest BCUT2D eigenvalue weighted by molar-refractivity contribution is 6.29. The summed E-state index contributed by atoms with van der Waals surface area (Å²) in [6.45, 7) is 6.57. The molecule has 2 aromatic heterocycles. The summed E-state index contributed by atoms with van der Waals surface area (Å²) in [5.41, 5.74) is 1.65. The molecule has 3 aromatic rings. The van der Waals surface area contributed by atoms with Gasteiger partial charge in [0.25, 0.3) is 0 Å². The maximum Gasteiger partial charge on any atom is 0.213 e. The van der Waals surface area contributed by atoms with Gasteiger partial charge in [0, 0.05) is 31.2 Å². The molecule has 1 N–H and O–H groups in total. The molecule has 1 aliphatic rings. The number of hydrogen-bond acceptors (Lipinski definition) is 5. The van der Waals surface area contributed by atoms with Crippen LogP contribution in [0.2, 0.25) is 5.15 Å². The molecule has 1 unspecified atom stereocenters. The molecule has 7 nitrogen and oxygen atoms in total. The fourth-order valence-corrected chi connectivity index (χ4v) is 4.10. The summed E-state index contributed by atoms with van der Waals surface area (Å²) in [5, 5.41) is 13.7. The molecule has 1 aromatic carbocycles. The van der Waals surface area contributed by atoms with Gasteiger partial charge in [-0.2, -0.15) is 5.26 Å².